The highest BCUT2D eigenvalue weighted by Crippen LogP contribution is 2.29. The molecular formula is C30H28FN7O4. The average Bonchev–Trinajstić information content (AvgIpc) is 3.00. The molecule has 42 heavy (non-hydrogen) atoms. The number of aliphatic hydroxyl groups is 1. The highest BCUT2D eigenvalue weighted by molar-refractivity contribution is 5.80. The number of ether oxygens (including phenoxy) is 1. The summed E-state index contributed by atoms with van der Waals surface area (Å²) in [7, 11) is 1.70. The van der Waals surface area contributed by atoms with E-state index in [0.29, 0.717) is 17.3 Å². The summed E-state index contributed by atoms with van der Waals surface area (Å²) >= 11 is 0. The molecule has 0 bridgehead atoms. The third kappa shape index (κ3) is 6.26. The third-order valence-corrected chi connectivity index (χ3v) is 6.94. The van der Waals surface area contributed by atoms with Crippen molar-refractivity contribution < 1.29 is 19.0 Å². The second-order valence-electron chi connectivity index (χ2n) is 9.94. The fraction of sp³-hybridized carbons (Fsp3) is 0.267. The van der Waals surface area contributed by atoms with E-state index < -0.39 is 24.3 Å². The van der Waals surface area contributed by atoms with Crippen LogP contribution in [-0.4, -0.2) is 66.9 Å². The van der Waals surface area contributed by atoms with Gasteiger partial charge in [-0.25, -0.2) is 14.4 Å². The predicted octanol–water partition coefficient (Wildman–Crippen LogP) is 3.22. The summed E-state index contributed by atoms with van der Waals surface area (Å²) < 4.78 is 22.2. The van der Waals surface area contributed by atoms with Crippen LogP contribution in [0, 0.1) is 11.3 Å². The van der Waals surface area contributed by atoms with Crippen LogP contribution in [0.4, 0.5) is 16.0 Å². The number of aryl methyl sites for hydroxylation is 1. The molecular weight excluding hydrogens is 541 g/mol. The van der Waals surface area contributed by atoms with Crippen molar-refractivity contribution in [2.45, 2.75) is 31.7 Å². The van der Waals surface area contributed by atoms with E-state index in [-0.39, 0.29) is 36.4 Å². The van der Waals surface area contributed by atoms with Gasteiger partial charge in [-0.1, -0.05) is 12.1 Å². The molecule has 1 unspecified atom stereocenters. The van der Waals surface area contributed by atoms with Gasteiger partial charge in [-0.3, -0.25) is 9.59 Å². The van der Waals surface area contributed by atoms with E-state index in [0.717, 1.165) is 16.8 Å². The lowest BCUT2D eigenvalue weighted by Crippen LogP contribution is -2.51. The number of nitriles is 1. The SMILES string of the molecule is CC(O)C(=O)N1CC[C@H](Oc2ccc(-c3ncnc(Nc4ccc(-c5ccn(C)c(=O)c5)cc4)n3)cc2C#N)[C@H](F)C1. The lowest BCUT2D eigenvalue weighted by Gasteiger charge is -2.35. The van der Waals surface area contributed by atoms with Gasteiger partial charge in [0.1, 0.15) is 30.4 Å². The minimum Gasteiger partial charge on any atom is -0.486 e. The van der Waals surface area contributed by atoms with E-state index in [4.69, 9.17) is 4.74 Å². The maximum atomic E-state index is 14.8. The normalized spacial score (nSPS) is 17.3. The number of aromatic nitrogens is 4. The number of likely N-dealkylation sites (tertiary alicyclic amines) is 1. The summed E-state index contributed by atoms with van der Waals surface area (Å²) in [4.78, 5) is 38.1. The molecule has 5 rings (SSSR count). The Morgan fingerprint density at radius 3 is 2.60 bits per heavy atom. The smallest absolute Gasteiger partial charge is 0.251 e. The van der Waals surface area contributed by atoms with Gasteiger partial charge in [0.05, 0.1) is 12.1 Å². The topological polar surface area (TPSA) is 146 Å². The molecule has 3 atom stereocenters. The van der Waals surface area contributed by atoms with Crippen LogP contribution in [0.5, 0.6) is 5.75 Å². The van der Waals surface area contributed by atoms with Crippen LogP contribution >= 0.6 is 0 Å². The summed E-state index contributed by atoms with van der Waals surface area (Å²) in [6, 6.07) is 17.8. The number of pyridine rings is 1. The molecule has 2 N–H and O–H groups in total. The van der Waals surface area contributed by atoms with Crippen molar-refractivity contribution in [3.63, 3.8) is 0 Å². The van der Waals surface area contributed by atoms with Crippen LogP contribution in [0.3, 0.4) is 0 Å². The number of nitrogens with zero attached hydrogens (tertiary/aromatic N) is 6. The summed E-state index contributed by atoms with van der Waals surface area (Å²) in [6.45, 7) is 1.40. The van der Waals surface area contributed by atoms with Crippen LogP contribution in [0.25, 0.3) is 22.5 Å². The number of rotatable bonds is 7. The minimum atomic E-state index is -1.47. The quantitative estimate of drug-likeness (QED) is 0.342. The molecule has 4 aromatic rings. The molecule has 2 aromatic heterocycles. The zero-order valence-corrected chi connectivity index (χ0v) is 22.9. The van der Waals surface area contributed by atoms with Crippen molar-refractivity contribution in [3.8, 4) is 34.3 Å². The Balaban J connectivity index is 1.27. The fourth-order valence-electron chi connectivity index (χ4n) is 4.60. The van der Waals surface area contributed by atoms with Gasteiger partial charge in [-0.2, -0.15) is 10.2 Å². The standard InChI is InChI=1S/C30H28FN7O4/c1-18(39)29(41)38-12-10-26(24(31)16-38)42-25-8-5-21(13-22(25)15-32)28-33-17-34-30(36-28)35-23-6-3-19(4-7-23)20-9-11-37(2)27(40)14-20/h3-9,11,13-14,17-18,24,26,39H,10,12,16H2,1-2H3,(H,33,34,35,36)/t18?,24-,26+/m1/s1. The number of halogens is 1. The first kappa shape index (κ1) is 28.4. The monoisotopic (exact) mass is 569 g/mol. The van der Waals surface area contributed by atoms with Crippen LogP contribution < -0.4 is 15.6 Å². The Morgan fingerprint density at radius 1 is 1.14 bits per heavy atom. The van der Waals surface area contributed by atoms with Crippen LogP contribution in [0.2, 0.25) is 0 Å². The molecule has 3 heterocycles. The van der Waals surface area contributed by atoms with Crippen molar-refractivity contribution >= 4 is 17.5 Å². The lowest BCUT2D eigenvalue weighted by atomic mass is 10.0. The maximum absolute atomic E-state index is 14.8. The largest absolute Gasteiger partial charge is 0.486 e. The molecule has 0 aliphatic carbocycles. The molecule has 1 amide bonds. The van der Waals surface area contributed by atoms with Gasteiger partial charge in [-0.15, -0.1) is 0 Å². The number of piperidine rings is 1. The van der Waals surface area contributed by atoms with Crippen LogP contribution in [0.1, 0.15) is 18.9 Å². The van der Waals surface area contributed by atoms with Crippen molar-refractivity contribution in [2.75, 3.05) is 18.4 Å². The van der Waals surface area contributed by atoms with E-state index in [9.17, 15) is 24.3 Å². The molecule has 0 radical (unpaired) electrons. The molecule has 1 aliphatic heterocycles. The number of benzene rings is 2. The zero-order chi connectivity index (χ0) is 29.8. The first-order chi connectivity index (χ1) is 20.2. The van der Waals surface area contributed by atoms with Crippen molar-refractivity contribution in [3.05, 3.63) is 83.0 Å². The summed E-state index contributed by atoms with van der Waals surface area (Å²) in [6.07, 6.45) is -0.217. The molecule has 1 fully saturated rings. The number of hydrogen-bond donors (Lipinski definition) is 2. The Labute approximate surface area is 240 Å². The van der Waals surface area contributed by atoms with Gasteiger partial charge in [-0.05, 0) is 54.4 Å². The fourth-order valence-corrected chi connectivity index (χ4v) is 4.60. The molecule has 0 spiro atoms. The first-order valence-electron chi connectivity index (χ1n) is 13.3. The van der Waals surface area contributed by atoms with E-state index in [2.05, 4.69) is 26.3 Å². The number of anilines is 2. The van der Waals surface area contributed by atoms with E-state index >= 15 is 0 Å². The molecule has 0 saturated carbocycles. The first-order valence-corrected chi connectivity index (χ1v) is 13.3. The molecule has 214 valence electrons. The highest BCUT2D eigenvalue weighted by Gasteiger charge is 2.34. The summed E-state index contributed by atoms with van der Waals surface area (Å²) in [5, 5.41) is 22.4. The Bertz CT molecular complexity index is 1700. The number of carbonyl (C=O) groups excluding carboxylic acids is 1. The summed E-state index contributed by atoms with van der Waals surface area (Å²) in [5.41, 5.74) is 3.06. The number of hydrogen-bond acceptors (Lipinski definition) is 9. The summed E-state index contributed by atoms with van der Waals surface area (Å²) in [5.74, 6) is 0.300. The Kier molecular flexibility index (Phi) is 8.21. The van der Waals surface area contributed by atoms with Gasteiger partial charge < -0.3 is 24.6 Å². The van der Waals surface area contributed by atoms with Crippen molar-refractivity contribution in [2.24, 2.45) is 7.05 Å². The Morgan fingerprint density at radius 2 is 1.90 bits per heavy atom. The zero-order valence-electron chi connectivity index (χ0n) is 22.9. The molecule has 12 heteroatoms. The lowest BCUT2D eigenvalue weighted by molar-refractivity contribution is -0.143. The molecule has 2 aromatic carbocycles. The highest BCUT2D eigenvalue weighted by atomic mass is 19.1. The number of carbonyl (C=O) groups is 1. The van der Waals surface area contributed by atoms with E-state index in [1.807, 2.05) is 30.3 Å². The number of aliphatic hydroxyl groups excluding tert-OH is 1. The number of nitrogens with one attached hydrogen (secondary N) is 1. The average molecular weight is 570 g/mol. The van der Waals surface area contributed by atoms with Gasteiger partial charge in [0.2, 0.25) is 5.95 Å². The second kappa shape index (κ2) is 12.2. The van der Waals surface area contributed by atoms with Crippen LogP contribution in [-0.2, 0) is 11.8 Å². The predicted molar refractivity (Wildman–Crippen MR) is 153 cm³/mol. The van der Waals surface area contributed by atoms with Gasteiger partial charge in [0.15, 0.2) is 12.0 Å². The minimum absolute atomic E-state index is 0.0925. The van der Waals surface area contributed by atoms with Gasteiger partial charge in [0.25, 0.3) is 11.5 Å². The maximum Gasteiger partial charge on any atom is 0.251 e. The number of amides is 1. The third-order valence-electron chi connectivity index (χ3n) is 6.94. The van der Waals surface area contributed by atoms with Crippen molar-refractivity contribution in [1.29, 1.82) is 5.26 Å². The molecule has 11 nitrogen and oxygen atoms in total. The second-order valence-corrected chi connectivity index (χ2v) is 9.94. The van der Waals surface area contributed by atoms with Crippen molar-refractivity contribution in [1.82, 2.24) is 24.4 Å². The van der Waals surface area contributed by atoms with E-state index in [1.54, 1.807) is 37.5 Å². The van der Waals surface area contributed by atoms with Crippen LogP contribution in [0.15, 0.2) is 71.9 Å². The van der Waals surface area contributed by atoms with Gasteiger partial charge in [0, 0.05) is 43.5 Å². The molecule has 1 aliphatic rings. The number of alkyl halides is 1. The van der Waals surface area contributed by atoms with Gasteiger partial charge >= 0.3 is 0 Å². The molecule has 1 saturated heterocycles. The van der Waals surface area contributed by atoms with E-state index in [1.165, 1.54) is 22.7 Å². The Hall–Kier alpha value is -5.15.